The second kappa shape index (κ2) is 15.8. The molecular formula is C34H53N3O8. The van der Waals surface area contributed by atoms with Gasteiger partial charge in [0, 0.05) is 31.5 Å². The SMILES string of the molecule is CC(=O)OC(C)C=CC(=O)NC1CC(C)C(CC=C(C)C=CC2OC(CC(=O)NC3CCC(N)CC3)CC3(CO3)C2O)OC1C. The van der Waals surface area contributed by atoms with Crippen LogP contribution in [-0.4, -0.2) is 89.8 Å². The van der Waals surface area contributed by atoms with Gasteiger partial charge >= 0.3 is 5.97 Å². The Kier molecular flexibility index (Phi) is 12.4. The molecule has 3 saturated heterocycles. The second-order valence-corrected chi connectivity index (χ2v) is 13.5. The first-order chi connectivity index (χ1) is 21.3. The van der Waals surface area contributed by atoms with E-state index in [1.807, 2.05) is 26.0 Å². The molecule has 0 aromatic carbocycles. The first kappa shape index (κ1) is 35.3. The quantitative estimate of drug-likeness (QED) is 0.116. The number of hydrogen-bond donors (Lipinski definition) is 4. The van der Waals surface area contributed by atoms with E-state index >= 15 is 0 Å². The van der Waals surface area contributed by atoms with Crippen LogP contribution in [0.3, 0.4) is 0 Å². The number of rotatable bonds is 11. The summed E-state index contributed by atoms with van der Waals surface area (Å²) in [4.78, 5) is 36.3. The maximum atomic E-state index is 12.8. The van der Waals surface area contributed by atoms with Gasteiger partial charge in [0.25, 0.3) is 0 Å². The van der Waals surface area contributed by atoms with Crippen LogP contribution >= 0.6 is 0 Å². The standard InChI is InChI=1S/C34H53N3O8/c1-20(6-13-29-21(2)16-28(23(4)44-29)37-31(39)15-8-22(3)43-24(5)38)7-14-30-33(41)34(19-42-34)18-27(45-30)17-32(40)36-26-11-9-25(35)10-12-26/h6-8,14-15,21-23,25-30,33,41H,9-13,16-19,35H2,1-5H3,(H,36,40)(H,37,39). The summed E-state index contributed by atoms with van der Waals surface area (Å²) in [5.74, 6) is -0.455. The lowest BCUT2D eigenvalue weighted by atomic mass is 9.87. The van der Waals surface area contributed by atoms with Crippen molar-refractivity contribution in [2.45, 2.75) is 146 Å². The van der Waals surface area contributed by atoms with Gasteiger partial charge < -0.3 is 40.4 Å². The van der Waals surface area contributed by atoms with Gasteiger partial charge in [-0.25, -0.2) is 0 Å². The third-order valence-corrected chi connectivity index (χ3v) is 9.47. The highest BCUT2D eigenvalue weighted by atomic mass is 16.6. The first-order valence-electron chi connectivity index (χ1n) is 16.5. The summed E-state index contributed by atoms with van der Waals surface area (Å²) >= 11 is 0. The van der Waals surface area contributed by atoms with E-state index in [0.29, 0.717) is 19.4 Å². The van der Waals surface area contributed by atoms with Crippen LogP contribution in [0, 0.1) is 5.92 Å². The summed E-state index contributed by atoms with van der Waals surface area (Å²) in [7, 11) is 0. The van der Waals surface area contributed by atoms with E-state index in [9.17, 15) is 19.5 Å². The van der Waals surface area contributed by atoms with Gasteiger partial charge in [0.05, 0.1) is 37.4 Å². The molecule has 9 atom stereocenters. The molecule has 0 radical (unpaired) electrons. The van der Waals surface area contributed by atoms with Crippen LogP contribution in [0.5, 0.6) is 0 Å². The van der Waals surface area contributed by atoms with E-state index in [4.69, 9.17) is 24.7 Å². The van der Waals surface area contributed by atoms with Crippen molar-refractivity contribution in [2.75, 3.05) is 6.61 Å². The van der Waals surface area contributed by atoms with Gasteiger partial charge in [-0.05, 0) is 71.3 Å². The van der Waals surface area contributed by atoms with Crippen molar-refractivity contribution in [1.82, 2.24) is 10.6 Å². The number of amides is 2. The van der Waals surface area contributed by atoms with E-state index in [2.05, 4.69) is 23.6 Å². The predicted molar refractivity (Wildman–Crippen MR) is 169 cm³/mol. The van der Waals surface area contributed by atoms with Gasteiger partial charge in [-0.1, -0.05) is 30.7 Å². The Labute approximate surface area is 267 Å². The molecule has 3 aliphatic heterocycles. The molecule has 11 nitrogen and oxygen atoms in total. The zero-order valence-corrected chi connectivity index (χ0v) is 27.4. The summed E-state index contributed by atoms with van der Waals surface area (Å²) in [6.07, 6.45) is 12.4. The van der Waals surface area contributed by atoms with Crippen LogP contribution in [0.25, 0.3) is 0 Å². The van der Waals surface area contributed by atoms with Gasteiger partial charge in [0.2, 0.25) is 11.8 Å². The summed E-state index contributed by atoms with van der Waals surface area (Å²) in [6.45, 7) is 9.58. The highest BCUT2D eigenvalue weighted by molar-refractivity contribution is 5.87. The van der Waals surface area contributed by atoms with Crippen molar-refractivity contribution >= 4 is 17.8 Å². The zero-order chi connectivity index (χ0) is 32.7. The molecule has 1 aliphatic carbocycles. The molecule has 45 heavy (non-hydrogen) atoms. The minimum Gasteiger partial charge on any atom is -0.459 e. The minimum atomic E-state index is -0.796. The van der Waals surface area contributed by atoms with Crippen molar-refractivity contribution < 1.29 is 38.4 Å². The smallest absolute Gasteiger partial charge is 0.303 e. The molecule has 0 bridgehead atoms. The maximum Gasteiger partial charge on any atom is 0.303 e. The molecule has 0 aromatic heterocycles. The second-order valence-electron chi connectivity index (χ2n) is 13.5. The van der Waals surface area contributed by atoms with E-state index in [1.165, 1.54) is 13.0 Å². The van der Waals surface area contributed by atoms with Crippen LogP contribution in [-0.2, 0) is 33.3 Å². The van der Waals surface area contributed by atoms with Crippen molar-refractivity contribution in [3.63, 3.8) is 0 Å². The number of carbonyl (C=O) groups excluding carboxylic acids is 3. The number of hydrogen-bond acceptors (Lipinski definition) is 9. The molecule has 4 aliphatic rings. The summed E-state index contributed by atoms with van der Waals surface area (Å²) in [5, 5.41) is 17.1. The number of allylic oxidation sites excluding steroid dienone is 2. The number of esters is 1. The molecule has 5 N–H and O–H groups in total. The molecule has 9 unspecified atom stereocenters. The van der Waals surface area contributed by atoms with E-state index in [0.717, 1.165) is 37.7 Å². The Balaban J connectivity index is 1.25. The summed E-state index contributed by atoms with van der Waals surface area (Å²) in [5.41, 5.74) is 6.36. The van der Waals surface area contributed by atoms with Crippen molar-refractivity contribution in [1.29, 1.82) is 0 Å². The zero-order valence-electron chi connectivity index (χ0n) is 27.4. The molecule has 3 heterocycles. The Morgan fingerprint density at radius 3 is 2.47 bits per heavy atom. The lowest BCUT2D eigenvalue weighted by molar-refractivity contribution is -0.146. The minimum absolute atomic E-state index is 0.00141. The van der Waals surface area contributed by atoms with Crippen molar-refractivity contribution in [3.05, 3.63) is 36.0 Å². The number of aliphatic hydroxyl groups is 1. The fourth-order valence-corrected chi connectivity index (χ4v) is 6.64. The van der Waals surface area contributed by atoms with Crippen LogP contribution in [0.1, 0.15) is 86.0 Å². The maximum absolute atomic E-state index is 12.8. The number of ether oxygens (including phenoxy) is 4. The Hall–Kier alpha value is -2.57. The average molecular weight is 632 g/mol. The van der Waals surface area contributed by atoms with Crippen molar-refractivity contribution in [3.8, 4) is 0 Å². The highest BCUT2D eigenvalue weighted by Crippen LogP contribution is 2.43. The van der Waals surface area contributed by atoms with Crippen LogP contribution in [0.4, 0.5) is 0 Å². The number of nitrogens with one attached hydrogen (secondary N) is 2. The van der Waals surface area contributed by atoms with Crippen molar-refractivity contribution in [2.24, 2.45) is 11.7 Å². The largest absolute Gasteiger partial charge is 0.459 e. The Morgan fingerprint density at radius 1 is 1.09 bits per heavy atom. The van der Waals surface area contributed by atoms with Crippen LogP contribution in [0.15, 0.2) is 36.0 Å². The number of nitrogens with two attached hydrogens (primary N) is 1. The molecule has 2 amide bonds. The van der Waals surface area contributed by atoms with E-state index < -0.39 is 29.9 Å². The topological polar surface area (TPSA) is 162 Å². The highest BCUT2D eigenvalue weighted by Gasteiger charge is 2.58. The molecular weight excluding hydrogens is 578 g/mol. The summed E-state index contributed by atoms with van der Waals surface area (Å²) < 4.78 is 23.2. The van der Waals surface area contributed by atoms with Gasteiger partial charge in [-0.3, -0.25) is 14.4 Å². The fourth-order valence-electron chi connectivity index (χ4n) is 6.64. The molecule has 1 spiro atoms. The first-order valence-corrected chi connectivity index (χ1v) is 16.5. The summed E-state index contributed by atoms with van der Waals surface area (Å²) in [6, 6.07) is 0.266. The van der Waals surface area contributed by atoms with Crippen LogP contribution in [0.2, 0.25) is 0 Å². The molecule has 0 aromatic rings. The lowest BCUT2D eigenvalue weighted by Gasteiger charge is -2.39. The van der Waals surface area contributed by atoms with E-state index in [1.54, 1.807) is 13.0 Å². The molecule has 11 heteroatoms. The predicted octanol–water partition coefficient (Wildman–Crippen LogP) is 2.75. The number of epoxide rings is 1. The van der Waals surface area contributed by atoms with Gasteiger partial charge in [-0.2, -0.15) is 0 Å². The number of aliphatic hydroxyl groups excluding tert-OH is 1. The Morgan fingerprint density at radius 2 is 1.80 bits per heavy atom. The molecule has 4 fully saturated rings. The van der Waals surface area contributed by atoms with E-state index in [-0.39, 0.29) is 60.6 Å². The molecule has 4 rings (SSSR count). The fraction of sp³-hybridized carbons (Fsp3) is 0.735. The third-order valence-electron chi connectivity index (χ3n) is 9.47. The third kappa shape index (κ3) is 10.5. The molecule has 252 valence electrons. The lowest BCUT2D eigenvalue weighted by Crippen LogP contribution is -2.51. The molecule has 1 saturated carbocycles. The average Bonchev–Trinajstić information content (AvgIpc) is 3.74. The monoisotopic (exact) mass is 631 g/mol. The van der Waals surface area contributed by atoms with Crippen LogP contribution < -0.4 is 16.4 Å². The normalized spacial score (nSPS) is 37.8. The Bertz CT molecular complexity index is 1130. The van der Waals surface area contributed by atoms with Gasteiger partial charge in [0.15, 0.2) is 0 Å². The van der Waals surface area contributed by atoms with Gasteiger partial charge in [0.1, 0.15) is 23.9 Å². The van der Waals surface area contributed by atoms with Gasteiger partial charge in [-0.15, -0.1) is 0 Å². The number of carbonyl (C=O) groups is 3.